The summed E-state index contributed by atoms with van der Waals surface area (Å²) in [5.41, 5.74) is 0.415. The molecule has 1 saturated carbocycles. The van der Waals surface area contributed by atoms with Crippen LogP contribution in [0, 0.1) is 5.41 Å². The van der Waals surface area contributed by atoms with Gasteiger partial charge in [-0.1, -0.05) is 20.8 Å². The Hall–Kier alpha value is -0.120. The van der Waals surface area contributed by atoms with Crippen LogP contribution in [0.4, 0.5) is 0 Å². The van der Waals surface area contributed by atoms with E-state index in [-0.39, 0.29) is 0 Å². The molecule has 0 aromatic rings. The number of ether oxygens (including phenoxy) is 1. The zero-order valence-electron chi connectivity index (χ0n) is 12.4. The predicted octanol–water partition coefficient (Wildman–Crippen LogP) is 2.27. The second-order valence-corrected chi connectivity index (χ2v) is 6.46. The number of nitrogens with zero attached hydrogens (tertiary/aromatic N) is 1. The van der Waals surface area contributed by atoms with Gasteiger partial charge in [0.15, 0.2) is 0 Å². The van der Waals surface area contributed by atoms with Crippen LogP contribution in [0.2, 0.25) is 0 Å². The number of rotatable bonds is 7. The topological polar surface area (TPSA) is 24.5 Å². The number of hydrogen-bond acceptors (Lipinski definition) is 3. The second kappa shape index (κ2) is 6.36. The fourth-order valence-electron chi connectivity index (χ4n) is 2.68. The van der Waals surface area contributed by atoms with Crippen LogP contribution in [0.25, 0.3) is 0 Å². The Balaban J connectivity index is 1.79. The fourth-order valence-corrected chi connectivity index (χ4v) is 2.68. The average Bonchev–Trinajstić information content (AvgIpc) is 3.21. The molecule has 0 spiro atoms. The van der Waals surface area contributed by atoms with Crippen LogP contribution in [0.1, 0.15) is 46.5 Å². The molecule has 0 aromatic heterocycles. The van der Waals surface area contributed by atoms with E-state index < -0.39 is 0 Å². The largest absolute Gasteiger partial charge is 0.376 e. The highest BCUT2D eigenvalue weighted by Gasteiger charge is 2.30. The summed E-state index contributed by atoms with van der Waals surface area (Å²) in [4.78, 5) is 2.61. The van der Waals surface area contributed by atoms with Gasteiger partial charge in [-0.15, -0.1) is 0 Å². The van der Waals surface area contributed by atoms with Gasteiger partial charge in [0.05, 0.1) is 12.7 Å². The molecule has 0 amide bonds. The van der Waals surface area contributed by atoms with Crippen molar-refractivity contribution in [1.29, 1.82) is 0 Å². The van der Waals surface area contributed by atoms with E-state index in [1.165, 1.54) is 32.4 Å². The van der Waals surface area contributed by atoms with Gasteiger partial charge in [-0.05, 0) is 31.1 Å². The van der Waals surface area contributed by atoms with Crippen LogP contribution in [0.3, 0.4) is 0 Å². The number of hydrogen-bond donors (Lipinski definition) is 1. The Kier molecular flexibility index (Phi) is 5.05. The molecule has 18 heavy (non-hydrogen) atoms. The first kappa shape index (κ1) is 14.3. The summed E-state index contributed by atoms with van der Waals surface area (Å²) in [7, 11) is 0. The lowest BCUT2D eigenvalue weighted by Gasteiger charge is -2.39. The minimum Gasteiger partial charge on any atom is -0.376 e. The van der Waals surface area contributed by atoms with Crippen molar-refractivity contribution in [2.24, 2.45) is 5.41 Å². The molecule has 1 N–H and O–H groups in total. The highest BCUT2D eigenvalue weighted by Crippen LogP contribution is 2.26. The molecule has 1 aliphatic heterocycles. The van der Waals surface area contributed by atoms with Gasteiger partial charge in [0.25, 0.3) is 0 Å². The fraction of sp³-hybridized carbons (Fsp3) is 1.00. The molecule has 3 nitrogen and oxygen atoms in total. The third-order valence-corrected chi connectivity index (χ3v) is 4.53. The molecule has 0 radical (unpaired) electrons. The summed E-state index contributed by atoms with van der Waals surface area (Å²) < 4.78 is 5.76. The first-order valence-corrected chi connectivity index (χ1v) is 7.72. The molecule has 2 rings (SSSR count). The van der Waals surface area contributed by atoms with Gasteiger partial charge in [0, 0.05) is 32.2 Å². The molecule has 1 saturated heterocycles. The lowest BCUT2D eigenvalue weighted by molar-refractivity contribution is -0.0413. The Morgan fingerprint density at radius 2 is 2.11 bits per heavy atom. The molecule has 2 atom stereocenters. The quantitative estimate of drug-likeness (QED) is 0.754. The molecule has 0 aromatic carbocycles. The predicted molar refractivity (Wildman–Crippen MR) is 75.9 cm³/mol. The van der Waals surface area contributed by atoms with Crippen LogP contribution in [-0.4, -0.2) is 49.8 Å². The van der Waals surface area contributed by atoms with Crippen LogP contribution < -0.4 is 5.32 Å². The van der Waals surface area contributed by atoms with E-state index in [1.807, 2.05) is 0 Å². The van der Waals surface area contributed by atoms with E-state index in [1.54, 1.807) is 0 Å². The molecule has 1 aliphatic carbocycles. The normalized spacial score (nSPS) is 29.2. The van der Waals surface area contributed by atoms with Crippen molar-refractivity contribution in [3.63, 3.8) is 0 Å². The minimum absolute atomic E-state index is 0.415. The highest BCUT2D eigenvalue weighted by molar-refractivity contribution is 4.87. The lowest BCUT2D eigenvalue weighted by Crippen LogP contribution is -2.49. The molecular formula is C15H30N2O. The summed E-state index contributed by atoms with van der Waals surface area (Å²) in [6.45, 7) is 12.5. The molecule has 2 fully saturated rings. The van der Waals surface area contributed by atoms with E-state index in [0.29, 0.717) is 11.5 Å². The Morgan fingerprint density at radius 3 is 2.72 bits per heavy atom. The highest BCUT2D eigenvalue weighted by atomic mass is 16.5. The molecule has 0 bridgehead atoms. The van der Waals surface area contributed by atoms with Crippen molar-refractivity contribution in [3.8, 4) is 0 Å². The number of morpholine rings is 1. The van der Waals surface area contributed by atoms with E-state index >= 15 is 0 Å². The van der Waals surface area contributed by atoms with Crippen molar-refractivity contribution in [3.05, 3.63) is 0 Å². The van der Waals surface area contributed by atoms with Gasteiger partial charge >= 0.3 is 0 Å². The first-order chi connectivity index (χ1) is 8.65. The maximum atomic E-state index is 5.76. The van der Waals surface area contributed by atoms with Gasteiger partial charge in [-0.2, -0.15) is 0 Å². The van der Waals surface area contributed by atoms with E-state index in [2.05, 4.69) is 31.0 Å². The van der Waals surface area contributed by atoms with Crippen molar-refractivity contribution in [1.82, 2.24) is 10.2 Å². The SMILES string of the molecule is CCC1CN(CC(C)(CC)CNC2CC2)CCO1. The minimum atomic E-state index is 0.415. The maximum absolute atomic E-state index is 5.76. The van der Waals surface area contributed by atoms with Crippen LogP contribution >= 0.6 is 0 Å². The summed E-state index contributed by atoms with van der Waals surface area (Å²) in [6, 6.07) is 0.823. The van der Waals surface area contributed by atoms with Crippen molar-refractivity contribution in [2.45, 2.75) is 58.6 Å². The summed E-state index contributed by atoms with van der Waals surface area (Å²) in [5, 5.41) is 3.70. The number of nitrogens with one attached hydrogen (secondary N) is 1. The zero-order valence-corrected chi connectivity index (χ0v) is 12.4. The summed E-state index contributed by atoms with van der Waals surface area (Å²) >= 11 is 0. The van der Waals surface area contributed by atoms with Gasteiger partial charge < -0.3 is 10.1 Å². The van der Waals surface area contributed by atoms with E-state index in [4.69, 9.17) is 4.74 Å². The third-order valence-electron chi connectivity index (χ3n) is 4.53. The third kappa shape index (κ3) is 4.22. The average molecular weight is 254 g/mol. The maximum Gasteiger partial charge on any atom is 0.0700 e. The van der Waals surface area contributed by atoms with Gasteiger partial charge in [-0.25, -0.2) is 0 Å². The molecule has 106 valence electrons. The van der Waals surface area contributed by atoms with Crippen molar-refractivity contribution in [2.75, 3.05) is 32.8 Å². The monoisotopic (exact) mass is 254 g/mol. The van der Waals surface area contributed by atoms with E-state index in [0.717, 1.165) is 32.2 Å². The van der Waals surface area contributed by atoms with E-state index in [9.17, 15) is 0 Å². The molecule has 2 aliphatic rings. The Bertz CT molecular complexity index is 255. The van der Waals surface area contributed by atoms with Gasteiger partial charge in [0.2, 0.25) is 0 Å². The van der Waals surface area contributed by atoms with Crippen LogP contribution in [0.5, 0.6) is 0 Å². The Labute approximate surface area is 112 Å². The standard InChI is InChI=1S/C15H30N2O/c1-4-14-10-17(8-9-18-14)12-15(3,5-2)11-16-13-6-7-13/h13-14,16H,4-12H2,1-3H3. The first-order valence-electron chi connectivity index (χ1n) is 7.72. The summed E-state index contributed by atoms with van der Waals surface area (Å²) in [5.74, 6) is 0. The van der Waals surface area contributed by atoms with Crippen molar-refractivity contribution < 1.29 is 4.74 Å². The smallest absolute Gasteiger partial charge is 0.0700 e. The van der Waals surface area contributed by atoms with Crippen molar-refractivity contribution >= 4 is 0 Å². The van der Waals surface area contributed by atoms with Crippen LogP contribution in [0.15, 0.2) is 0 Å². The van der Waals surface area contributed by atoms with Gasteiger partial charge in [0.1, 0.15) is 0 Å². The second-order valence-electron chi connectivity index (χ2n) is 6.46. The molecular weight excluding hydrogens is 224 g/mol. The van der Waals surface area contributed by atoms with Crippen LogP contribution in [-0.2, 0) is 4.74 Å². The molecule has 3 heteroatoms. The molecule has 2 unspecified atom stereocenters. The molecule has 1 heterocycles. The van der Waals surface area contributed by atoms with Gasteiger partial charge in [-0.3, -0.25) is 4.90 Å². The summed E-state index contributed by atoms with van der Waals surface area (Å²) in [6.07, 6.45) is 5.61. The lowest BCUT2D eigenvalue weighted by atomic mass is 9.86. The Morgan fingerprint density at radius 1 is 1.33 bits per heavy atom. The zero-order chi connectivity index (χ0) is 13.0.